The molecule has 26 heavy (non-hydrogen) atoms. The molecule has 0 amide bonds. The van der Waals surface area contributed by atoms with Crippen LogP contribution in [0.5, 0.6) is 0 Å². The van der Waals surface area contributed by atoms with E-state index in [1.54, 1.807) is 0 Å². The normalized spacial score (nSPS) is 10.5. The minimum absolute atomic E-state index is 1.09. The molecule has 0 bridgehead atoms. The first-order valence-corrected chi connectivity index (χ1v) is 9.37. The summed E-state index contributed by atoms with van der Waals surface area (Å²) >= 11 is 3.49. The molecule has 126 valence electrons. The van der Waals surface area contributed by atoms with E-state index in [1.165, 1.54) is 11.1 Å². The maximum absolute atomic E-state index is 3.49. The van der Waals surface area contributed by atoms with Crippen LogP contribution in [0, 0.1) is 0 Å². The molecule has 0 saturated heterocycles. The van der Waals surface area contributed by atoms with Crippen molar-refractivity contribution in [2.45, 2.75) is 0 Å². The molecule has 0 aromatic heterocycles. The summed E-state index contributed by atoms with van der Waals surface area (Å²) in [5.41, 5.74) is 5.86. The standard InChI is InChI=1S/C24H18BrN/c25-21-15-11-19(12-16-21)20-13-17-24(18-14-20)26(22-7-3-1-4-8-22)23-9-5-2-6-10-23/h1-18H. The highest BCUT2D eigenvalue weighted by Crippen LogP contribution is 2.35. The predicted molar refractivity (Wildman–Crippen MR) is 114 cm³/mol. The number of hydrogen-bond acceptors (Lipinski definition) is 1. The Kier molecular flexibility index (Phi) is 4.85. The van der Waals surface area contributed by atoms with Crippen LogP contribution >= 0.6 is 15.9 Å². The fourth-order valence-electron chi connectivity index (χ4n) is 3.05. The molecule has 0 saturated carbocycles. The van der Waals surface area contributed by atoms with Gasteiger partial charge in [0.25, 0.3) is 0 Å². The lowest BCUT2D eigenvalue weighted by Crippen LogP contribution is -2.09. The second-order valence-corrected chi connectivity index (χ2v) is 6.98. The van der Waals surface area contributed by atoms with Crippen LogP contribution in [0.25, 0.3) is 11.1 Å². The molecule has 0 unspecified atom stereocenters. The number of hydrogen-bond donors (Lipinski definition) is 0. The van der Waals surface area contributed by atoms with Gasteiger partial charge in [-0.05, 0) is 59.7 Å². The summed E-state index contributed by atoms with van der Waals surface area (Å²) in [6.07, 6.45) is 0. The van der Waals surface area contributed by atoms with Gasteiger partial charge in [-0.3, -0.25) is 0 Å². The van der Waals surface area contributed by atoms with Gasteiger partial charge in [0.05, 0.1) is 0 Å². The van der Waals surface area contributed by atoms with Crippen LogP contribution in [0.1, 0.15) is 0 Å². The first-order valence-electron chi connectivity index (χ1n) is 8.57. The topological polar surface area (TPSA) is 3.24 Å². The van der Waals surface area contributed by atoms with E-state index in [0.29, 0.717) is 0 Å². The Balaban J connectivity index is 1.73. The van der Waals surface area contributed by atoms with Gasteiger partial charge < -0.3 is 4.90 Å². The van der Waals surface area contributed by atoms with Crippen molar-refractivity contribution in [3.8, 4) is 11.1 Å². The van der Waals surface area contributed by atoms with E-state index < -0.39 is 0 Å². The number of benzene rings is 4. The third kappa shape index (κ3) is 3.56. The number of rotatable bonds is 4. The molecular weight excluding hydrogens is 382 g/mol. The van der Waals surface area contributed by atoms with Crippen LogP contribution in [0.15, 0.2) is 114 Å². The van der Waals surface area contributed by atoms with Crippen molar-refractivity contribution in [1.82, 2.24) is 0 Å². The van der Waals surface area contributed by atoms with Crippen molar-refractivity contribution >= 4 is 33.0 Å². The van der Waals surface area contributed by atoms with Crippen LogP contribution in [0.4, 0.5) is 17.1 Å². The van der Waals surface area contributed by atoms with Crippen LogP contribution in [0.3, 0.4) is 0 Å². The smallest absolute Gasteiger partial charge is 0.0462 e. The molecule has 4 aromatic carbocycles. The average molecular weight is 400 g/mol. The molecule has 0 N–H and O–H groups in total. The molecule has 0 aliphatic carbocycles. The number of halogens is 1. The zero-order valence-corrected chi connectivity index (χ0v) is 15.8. The maximum atomic E-state index is 3.49. The van der Waals surface area contributed by atoms with Gasteiger partial charge in [0, 0.05) is 21.5 Å². The fourth-order valence-corrected chi connectivity index (χ4v) is 3.31. The van der Waals surface area contributed by atoms with Gasteiger partial charge in [-0.1, -0.05) is 76.6 Å². The summed E-state index contributed by atoms with van der Waals surface area (Å²) in [6, 6.07) is 38.0. The van der Waals surface area contributed by atoms with E-state index in [2.05, 4.69) is 118 Å². The largest absolute Gasteiger partial charge is 0.311 e. The van der Waals surface area contributed by atoms with Gasteiger partial charge in [0.1, 0.15) is 0 Å². The Hall–Kier alpha value is -2.84. The predicted octanol–water partition coefficient (Wildman–Crippen LogP) is 7.59. The SMILES string of the molecule is Brc1ccc(-c2ccc(N(c3ccccc3)c3ccccc3)cc2)cc1. The number of para-hydroxylation sites is 2. The molecule has 4 rings (SSSR count). The van der Waals surface area contributed by atoms with Crippen molar-refractivity contribution in [1.29, 1.82) is 0 Å². The zero-order chi connectivity index (χ0) is 17.8. The van der Waals surface area contributed by atoms with Crippen molar-refractivity contribution in [3.05, 3.63) is 114 Å². The average Bonchev–Trinajstić information content (AvgIpc) is 2.71. The quantitative estimate of drug-likeness (QED) is 0.341. The third-order valence-corrected chi connectivity index (χ3v) is 4.86. The maximum Gasteiger partial charge on any atom is 0.0462 e. The fraction of sp³-hybridized carbons (Fsp3) is 0. The summed E-state index contributed by atoms with van der Waals surface area (Å²) in [6.45, 7) is 0. The first kappa shape index (κ1) is 16.6. The van der Waals surface area contributed by atoms with Crippen molar-refractivity contribution < 1.29 is 0 Å². The molecule has 0 radical (unpaired) electrons. The van der Waals surface area contributed by atoms with Crippen LogP contribution < -0.4 is 4.90 Å². The second-order valence-electron chi connectivity index (χ2n) is 6.06. The van der Waals surface area contributed by atoms with E-state index in [9.17, 15) is 0 Å². The Morgan fingerprint density at radius 3 is 1.27 bits per heavy atom. The van der Waals surface area contributed by atoms with Gasteiger partial charge in [-0.15, -0.1) is 0 Å². The van der Waals surface area contributed by atoms with Gasteiger partial charge >= 0.3 is 0 Å². The third-order valence-electron chi connectivity index (χ3n) is 4.33. The van der Waals surface area contributed by atoms with Gasteiger partial charge in [-0.2, -0.15) is 0 Å². The molecule has 0 aliphatic rings. The Labute approximate surface area is 162 Å². The Morgan fingerprint density at radius 2 is 0.808 bits per heavy atom. The number of anilines is 3. The highest BCUT2D eigenvalue weighted by Gasteiger charge is 2.11. The summed E-state index contributed by atoms with van der Waals surface area (Å²) in [5.74, 6) is 0. The van der Waals surface area contributed by atoms with E-state index in [0.717, 1.165) is 21.5 Å². The van der Waals surface area contributed by atoms with Crippen molar-refractivity contribution in [3.63, 3.8) is 0 Å². The van der Waals surface area contributed by atoms with E-state index in [-0.39, 0.29) is 0 Å². The van der Waals surface area contributed by atoms with E-state index in [4.69, 9.17) is 0 Å². The summed E-state index contributed by atoms with van der Waals surface area (Å²) in [7, 11) is 0. The molecule has 1 nitrogen and oxygen atoms in total. The first-order chi connectivity index (χ1) is 12.8. The Bertz CT molecular complexity index is 923. The van der Waals surface area contributed by atoms with E-state index >= 15 is 0 Å². The minimum Gasteiger partial charge on any atom is -0.311 e. The zero-order valence-electron chi connectivity index (χ0n) is 14.2. The van der Waals surface area contributed by atoms with Crippen LogP contribution in [-0.4, -0.2) is 0 Å². The van der Waals surface area contributed by atoms with Gasteiger partial charge in [0.15, 0.2) is 0 Å². The minimum atomic E-state index is 1.09. The Morgan fingerprint density at radius 1 is 0.423 bits per heavy atom. The summed E-state index contributed by atoms with van der Waals surface area (Å²) < 4.78 is 1.09. The lowest BCUT2D eigenvalue weighted by atomic mass is 10.0. The molecule has 0 atom stereocenters. The van der Waals surface area contributed by atoms with Crippen LogP contribution in [0.2, 0.25) is 0 Å². The second kappa shape index (κ2) is 7.59. The van der Waals surface area contributed by atoms with Gasteiger partial charge in [-0.25, -0.2) is 0 Å². The molecule has 2 heteroatoms. The summed E-state index contributed by atoms with van der Waals surface area (Å²) in [4.78, 5) is 2.27. The summed E-state index contributed by atoms with van der Waals surface area (Å²) in [5, 5.41) is 0. The van der Waals surface area contributed by atoms with Crippen LogP contribution in [-0.2, 0) is 0 Å². The monoisotopic (exact) mass is 399 g/mol. The van der Waals surface area contributed by atoms with Gasteiger partial charge in [0.2, 0.25) is 0 Å². The molecule has 0 spiro atoms. The molecule has 4 aromatic rings. The van der Waals surface area contributed by atoms with Crippen molar-refractivity contribution in [2.75, 3.05) is 4.90 Å². The lowest BCUT2D eigenvalue weighted by Gasteiger charge is -2.25. The molecule has 0 aliphatic heterocycles. The molecule has 0 fully saturated rings. The highest BCUT2D eigenvalue weighted by molar-refractivity contribution is 9.10. The highest BCUT2D eigenvalue weighted by atomic mass is 79.9. The van der Waals surface area contributed by atoms with E-state index in [1.807, 2.05) is 12.1 Å². The molecular formula is C24H18BrN. The lowest BCUT2D eigenvalue weighted by molar-refractivity contribution is 1.28. The molecule has 0 heterocycles. The number of nitrogens with zero attached hydrogens (tertiary/aromatic N) is 1. The van der Waals surface area contributed by atoms with Crippen molar-refractivity contribution in [2.24, 2.45) is 0 Å².